The third-order valence-electron chi connectivity index (χ3n) is 4.56. The molecule has 1 aromatic carbocycles. The van der Waals surface area contributed by atoms with Crippen molar-refractivity contribution in [1.29, 1.82) is 0 Å². The molecular formula is C17H15N5OS. The molecule has 0 bridgehead atoms. The first kappa shape index (κ1) is 14.0. The summed E-state index contributed by atoms with van der Waals surface area (Å²) < 4.78 is 3.77. The molecule has 7 heteroatoms. The lowest BCUT2D eigenvalue weighted by Gasteiger charge is -2.07. The van der Waals surface area contributed by atoms with Crippen LogP contribution in [0.1, 0.15) is 12.8 Å². The maximum absolute atomic E-state index is 13.1. The third kappa shape index (κ3) is 1.97. The van der Waals surface area contributed by atoms with E-state index in [4.69, 9.17) is 4.98 Å². The number of thioether (sulfide) groups is 1. The molecule has 0 atom stereocenters. The summed E-state index contributed by atoms with van der Waals surface area (Å²) in [4.78, 5) is 26.4. The molecule has 0 unspecified atom stereocenters. The van der Waals surface area contributed by atoms with Crippen molar-refractivity contribution >= 4 is 39.3 Å². The summed E-state index contributed by atoms with van der Waals surface area (Å²) in [6, 6.07) is 8.05. The molecule has 1 aliphatic carbocycles. The molecule has 0 spiro atoms. The maximum Gasteiger partial charge on any atom is 0.283 e. The number of para-hydroxylation sites is 1. The van der Waals surface area contributed by atoms with E-state index >= 15 is 0 Å². The van der Waals surface area contributed by atoms with Crippen LogP contribution >= 0.6 is 11.8 Å². The normalized spacial score (nSPS) is 14.9. The van der Waals surface area contributed by atoms with E-state index < -0.39 is 0 Å². The van der Waals surface area contributed by atoms with Crippen LogP contribution in [-0.4, -0.2) is 30.4 Å². The topological polar surface area (TPSA) is 65.1 Å². The molecule has 1 aliphatic rings. The van der Waals surface area contributed by atoms with E-state index in [1.165, 1.54) is 24.6 Å². The minimum atomic E-state index is -0.0977. The van der Waals surface area contributed by atoms with Gasteiger partial charge in [-0.2, -0.15) is 4.52 Å². The van der Waals surface area contributed by atoms with Gasteiger partial charge in [0.1, 0.15) is 5.39 Å². The summed E-state index contributed by atoms with van der Waals surface area (Å²) >= 11 is 1.44. The number of hydrogen-bond acceptors (Lipinski definition) is 5. The number of fused-ring (bicyclic) bond motifs is 4. The molecule has 0 aliphatic heterocycles. The fourth-order valence-corrected chi connectivity index (χ4v) is 3.50. The van der Waals surface area contributed by atoms with Crippen molar-refractivity contribution in [2.45, 2.75) is 24.5 Å². The average Bonchev–Trinajstić information content (AvgIpc) is 3.38. The first-order valence-electron chi connectivity index (χ1n) is 7.97. The van der Waals surface area contributed by atoms with Crippen LogP contribution in [0.25, 0.3) is 27.6 Å². The minimum Gasteiger partial charge on any atom is -0.276 e. The molecule has 0 N–H and O–H groups in total. The highest BCUT2D eigenvalue weighted by Crippen LogP contribution is 2.32. The van der Waals surface area contributed by atoms with Gasteiger partial charge >= 0.3 is 0 Å². The van der Waals surface area contributed by atoms with Crippen molar-refractivity contribution in [3.63, 3.8) is 0 Å². The van der Waals surface area contributed by atoms with E-state index in [1.807, 2.05) is 24.5 Å². The Balaban J connectivity index is 1.95. The molecule has 1 fully saturated rings. The Labute approximate surface area is 141 Å². The molecule has 4 aromatic rings. The van der Waals surface area contributed by atoms with Crippen LogP contribution in [0.3, 0.4) is 0 Å². The molecule has 3 aromatic heterocycles. The quantitative estimate of drug-likeness (QED) is 0.425. The highest BCUT2D eigenvalue weighted by atomic mass is 32.2. The first-order valence-corrected chi connectivity index (χ1v) is 9.20. The van der Waals surface area contributed by atoms with Crippen LogP contribution in [-0.2, 0) is 6.54 Å². The number of aromatic nitrogens is 5. The molecule has 0 amide bonds. The number of rotatable bonds is 3. The van der Waals surface area contributed by atoms with Gasteiger partial charge in [0.2, 0.25) is 0 Å². The van der Waals surface area contributed by atoms with Gasteiger partial charge in [-0.1, -0.05) is 23.9 Å². The Bertz CT molecular complexity index is 1160. The van der Waals surface area contributed by atoms with Gasteiger partial charge in [-0.3, -0.25) is 9.48 Å². The van der Waals surface area contributed by atoms with Gasteiger partial charge < -0.3 is 0 Å². The lowest BCUT2D eigenvalue weighted by atomic mass is 10.2. The lowest BCUT2D eigenvalue weighted by molar-refractivity contribution is 0.544. The maximum atomic E-state index is 13.1. The van der Waals surface area contributed by atoms with Crippen molar-refractivity contribution in [2.24, 2.45) is 5.92 Å². The van der Waals surface area contributed by atoms with Crippen LogP contribution in [0.4, 0.5) is 0 Å². The van der Waals surface area contributed by atoms with Gasteiger partial charge in [-0.25, -0.2) is 15.0 Å². The molecule has 6 nitrogen and oxygen atoms in total. The summed E-state index contributed by atoms with van der Waals surface area (Å²) in [7, 11) is 0. The van der Waals surface area contributed by atoms with Crippen molar-refractivity contribution in [3.8, 4) is 0 Å². The second-order valence-electron chi connectivity index (χ2n) is 6.19. The molecule has 0 radical (unpaired) electrons. The SMILES string of the molecule is CSc1ncc2c(=O)n3c(nc2n1)c1ccccc1n3CC1CC1. The van der Waals surface area contributed by atoms with Crippen molar-refractivity contribution in [2.75, 3.05) is 6.26 Å². The zero-order valence-corrected chi connectivity index (χ0v) is 14.0. The summed E-state index contributed by atoms with van der Waals surface area (Å²) in [5, 5.41) is 2.08. The molecule has 120 valence electrons. The van der Waals surface area contributed by atoms with Crippen molar-refractivity contribution in [3.05, 3.63) is 40.8 Å². The second kappa shape index (κ2) is 5.04. The van der Waals surface area contributed by atoms with Crippen LogP contribution < -0.4 is 5.56 Å². The van der Waals surface area contributed by atoms with E-state index in [2.05, 4.69) is 20.7 Å². The molecule has 5 rings (SSSR count). The van der Waals surface area contributed by atoms with E-state index in [9.17, 15) is 4.79 Å². The zero-order valence-electron chi connectivity index (χ0n) is 13.1. The largest absolute Gasteiger partial charge is 0.283 e. The fourth-order valence-electron chi connectivity index (χ4n) is 3.17. The van der Waals surface area contributed by atoms with Gasteiger partial charge in [0.05, 0.1) is 5.52 Å². The molecular weight excluding hydrogens is 322 g/mol. The van der Waals surface area contributed by atoms with Crippen LogP contribution in [0.5, 0.6) is 0 Å². The zero-order chi connectivity index (χ0) is 16.3. The van der Waals surface area contributed by atoms with Gasteiger partial charge in [0.15, 0.2) is 16.5 Å². The summed E-state index contributed by atoms with van der Waals surface area (Å²) in [6.45, 7) is 0.848. The monoisotopic (exact) mass is 337 g/mol. The number of hydrogen-bond donors (Lipinski definition) is 0. The number of nitrogens with zero attached hydrogens (tertiary/aromatic N) is 5. The molecule has 1 saturated carbocycles. The average molecular weight is 337 g/mol. The van der Waals surface area contributed by atoms with E-state index in [0.29, 0.717) is 27.8 Å². The van der Waals surface area contributed by atoms with Gasteiger partial charge in [-0.15, -0.1) is 0 Å². The van der Waals surface area contributed by atoms with Gasteiger partial charge in [0, 0.05) is 18.1 Å². The Kier molecular flexibility index (Phi) is 2.94. The second-order valence-corrected chi connectivity index (χ2v) is 6.96. The molecule has 24 heavy (non-hydrogen) atoms. The van der Waals surface area contributed by atoms with Crippen LogP contribution in [0.2, 0.25) is 0 Å². The van der Waals surface area contributed by atoms with Crippen LogP contribution in [0.15, 0.2) is 40.4 Å². The highest BCUT2D eigenvalue weighted by Gasteiger charge is 2.25. The standard InChI is InChI=1S/C17H15N5OS/c1-24-17-18-8-12-14(20-17)19-15-11-4-2-3-5-13(11)21(9-10-6-7-10)22(15)16(12)23/h2-5,8,10H,6-7,9H2,1H3. The summed E-state index contributed by atoms with van der Waals surface area (Å²) in [6.07, 6.45) is 5.96. The van der Waals surface area contributed by atoms with E-state index in [-0.39, 0.29) is 5.56 Å². The predicted octanol–water partition coefficient (Wildman–Crippen LogP) is 2.72. The molecule has 0 saturated heterocycles. The van der Waals surface area contributed by atoms with E-state index in [0.717, 1.165) is 17.4 Å². The Morgan fingerprint density at radius 1 is 1.21 bits per heavy atom. The highest BCUT2D eigenvalue weighted by molar-refractivity contribution is 7.98. The fraction of sp³-hybridized carbons (Fsp3) is 0.294. The third-order valence-corrected chi connectivity index (χ3v) is 5.12. The Morgan fingerprint density at radius 3 is 2.83 bits per heavy atom. The van der Waals surface area contributed by atoms with Gasteiger partial charge in [-0.05, 0) is 37.1 Å². The smallest absolute Gasteiger partial charge is 0.276 e. The Hall–Kier alpha value is -2.41. The lowest BCUT2D eigenvalue weighted by Crippen LogP contribution is -2.23. The summed E-state index contributed by atoms with van der Waals surface area (Å²) in [5.74, 6) is 0.654. The Morgan fingerprint density at radius 2 is 2.04 bits per heavy atom. The van der Waals surface area contributed by atoms with E-state index in [1.54, 1.807) is 10.7 Å². The van der Waals surface area contributed by atoms with Gasteiger partial charge in [0.25, 0.3) is 5.56 Å². The minimum absolute atomic E-state index is 0.0977. The first-order chi connectivity index (χ1) is 11.8. The number of benzene rings is 1. The van der Waals surface area contributed by atoms with Crippen LogP contribution in [0, 0.1) is 5.92 Å². The molecule has 3 heterocycles. The summed E-state index contributed by atoms with van der Waals surface area (Å²) in [5.41, 5.74) is 2.09. The predicted molar refractivity (Wildman–Crippen MR) is 94.6 cm³/mol. The van der Waals surface area contributed by atoms with Crippen molar-refractivity contribution < 1.29 is 0 Å². The van der Waals surface area contributed by atoms with Crippen molar-refractivity contribution in [1.82, 2.24) is 24.1 Å².